The number of nitrogens with zero attached hydrogens (tertiary/aromatic N) is 2. The van der Waals surface area contributed by atoms with E-state index < -0.39 is 16.7 Å². The Balaban J connectivity index is 1.18. The summed E-state index contributed by atoms with van der Waals surface area (Å²) in [5.41, 5.74) is 5.39. The predicted octanol–water partition coefficient (Wildman–Crippen LogP) is 6.07. The third-order valence-electron chi connectivity index (χ3n) is 7.79. The fourth-order valence-electron chi connectivity index (χ4n) is 5.42. The molecule has 0 atom stereocenters. The Kier molecular flexibility index (Phi) is 10.6. The van der Waals surface area contributed by atoms with Gasteiger partial charge in [-0.15, -0.1) is 0 Å². The number of carbonyl (C=O) groups excluding carboxylic acids is 1. The molecule has 1 saturated heterocycles. The highest BCUT2D eigenvalue weighted by Crippen LogP contribution is 2.36. The van der Waals surface area contributed by atoms with E-state index in [2.05, 4.69) is 10.6 Å². The minimum Gasteiger partial charge on any atom is -0.486 e. The van der Waals surface area contributed by atoms with Crippen LogP contribution in [0.4, 0.5) is 35.9 Å². The number of halogens is 3. The summed E-state index contributed by atoms with van der Waals surface area (Å²) in [4.78, 5) is 25.5. The molecule has 0 bridgehead atoms. The first-order valence-corrected chi connectivity index (χ1v) is 14.7. The number of nitrogen functional groups attached to an aromatic ring is 1. The van der Waals surface area contributed by atoms with Crippen molar-refractivity contribution >= 4 is 28.7 Å². The lowest BCUT2D eigenvalue weighted by molar-refractivity contribution is -0.385. The number of benzene rings is 2. The Bertz CT molecular complexity index is 1260. The molecule has 0 aromatic heterocycles. The van der Waals surface area contributed by atoms with E-state index in [0.29, 0.717) is 51.1 Å². The molecule has 1 saturated carbocycles. The van der Waals surface area contributed by atoms with Gasteiger partial charge in [0, 0.05) is 54.4 Å². The monoisotopic (exact) mass is 607 g/mol. The predicted molar refractivity (Wildman–Crippen MR) is 158 cm³/mol. The van der Waals surface area contributed by atoms with Gasteiger partial charge in [0.25, 0.3) is 0 Å². The second kappa shape index (κ2) is 14.2. The van der Waals surface area contributed by atoms with Crippen molar-refractivity contribution < 1.29 is 32.4 Å². The molecule has 0 radical (unpaired) electrons. The summed E-state index contributed by atoms with van der Waals surface area (Å²) in [6.45, 7) is 5.46. The molecule has 4 rings (SSSR count). The Hall–Kier alpha value is -3.74. The molecular weight excluding hydrogens is 567 g/mol. The summed E-state index contributed by atoms with van der Waals surface area (Å²) in [6.07, 6.45) is -0.292. The molecule has 0 unspecified atom stereocenters. The Morgan fingerprint density at radius 3 is 2.23 bits per heavy atom. The standard InChI is InChI=1S/C30H40F3N5O5/c1-19(2)17-43-28-16-23(6-10-27(28)38(40)41)36-21-11-13-37(14-12-21)29(39)18-42-24-7-3-20(4-8-24)35-22-5-9-26(34)25(15-22)30(31,32)33/h5-6,9-10,15-16,19-21,24,35-36H,3-4,7-8,11-14,17-18,34H2,1-2H3. The molecule has 2 aromatic carbocycles. The van der Waals surface area contributed by atoms with Crippen molar-refractivity contribution in [2.75, 3.05) is 42.7 Å². The van der Waals surface area contributed by atoms with Gasteiger partial charge in [-0.3, -0.25) is 14.9 Å². The van der Waals surface area contributed by atoms with E-state index in [9.17, 15) is 28.1 Å². The second-order valence-corrected chi connectivity index (χ2v) is 11.7. The molecule has 1 amide bonds. The van der Waals surface area contributed by atoms with Crippen molar-refractivity contribution in [1.29, 1.82) is 0 Å². The summed E-state index contributed by atoms with van der Waals surface area (Å²) in [7, 11) is 0. The summed E-state index contributed by atoms with van der Waals surface area (Å²) in [5, 5.41) is 18.0. The van der Waals surface area contributed by atoms with Gasteiger partial charge in [0.15, 0.2) is 5.75 Å². The van der Waals surface area contributed by atoms with Crippen molar-refractivity contribution in [2.45, 2.75) is 76.7 Å². The van der Waals surface area contributed by atoms with Gasteiger partial charge in [-0.2, -0.15) is 13.2 Å². The van der Waals surface area contributed by atoms with Crippen LogP contribution in [0.15, 0.2) is 36.4 Å². The number of nitro benzene ring substituents is 1. The Morgan fingerprint density at radius 2 is 1.63 bits per heavy atom. The summed E-state index contributed by atoms with van der Waals surface area (Å²) in [6, 6.07) is 8.76. The van der Waals surface area contributed by atoms with Crippen molar-refractivity contribution in [2.24, 2.45) is 5.92 Å². The molecule has 13 heteroatoms. The van der Waals surface area contributed by atoms with Crippen LogP contribution in [0.25, 0.3) is 0 Å². The van der Waals surface area contributed by atoms with Crippen LogP contribution in [0.3, 0.4) is 0 Å². The number of nitrogens with one attached hydrogen (secondary N) is 2. The molecule has 2 aromatic rings. The Labute approximate surface area is 249 Å². The number of piperidine rings is 1. The minimum atomic E-state index is -4.51. The highest BCUT2D eigenvalue weighted by atomic mass is 19.4. The third-order valence-corrected chi connectivity index (χ3v) is 7.79. The lowest BCUT2D eigenvalue weighted by atomic mass is 9.92. The van der Waals surface area contributed by atoms with Gasteiger partial charge in [-0.25, -0.2) is 0 Å². The van der Waals surface area contributed by atoms with E-state index in [4.69, 9.17) is 15.2 Å². The zero-order valence-corrected chi connectivity index (χ0v) is 24.5. The number of hydrogen-bond donors (Lipinski definition) is 3. The van der Waals surface area contributed by atoms with Crippen LogP contribution in [-0.2, 0) is 15.7 Å². The molecular formula is C30H40F3N5O5. The van der Waals surface area contributed by atoms with E-state index in [-0.39, 0.29) is 53.7 Å². The molecule has 1 heterocycles. The lowest BCUT2D eigenvalue weighted by Crippen LogP contribution is -2.44. The van der Waals surface area contributed by atoms with Gasteiger partial charge >= 0.3 is 11.9 Å². The van der Waals surface area contributed by atoms with Crippen LogP contribution in [0.5, 0.6) is 5.75 Å². The normalized spacial score (nSPS) is 19.7. The molecule has 1 aliphatic heterocycles. The molecule has 10 nitrogen and oxygen atoms in total. The number of ether oxygens (including phenoxy) is 2. The number of rotatable bonds is 11. The maximum atomic E-state index is 13.2. The molecule has 4 N–H and O–H groups in total. The summed E-state index contributed by atoms with van der Waals surface area (Å²) < 4.78 is 51.1. The molecule has 0 spiro atoms. The quantitative estimate of drug-likeness (QED) is 0.159. The van der Waals surface area contributed by atoms with Crippen LogP contribution < -0.4 is 21.1 Å². The van der Waals surface area contributed by atoms with Gasteiger partial charge in [0.1, 0.15) is 6.61 Å². The van der Waals surface area contributed by atoms with Gasteiger partial charge < -0.3 is 30.7 Å². The van der Waals surface area contributed by atoms with Gasteiger partial charge in [0.2, 0.25) is 5.91 Å². The fourth-order valence-corrected chi connectivity index (χ4v) is 5.42. The van der Waals surface area contributed by atoms with Gasteiger partial charge in [-0.05, 0) is 68.7 Å². The maximum absolute atomic E-state index is 13.2. The number of amides is 1. The number of hydrogen-bond acceptors (Lipinski definition) is 8. The van der Waals surface area contributed by atoms with E-state index >= 15 is 0 Å². The molecule has 236 valence electrons. The van der Waals surface area contributed by atoms with Crippen molar-refractivity contribution in [1.82, 2.24) is 4.90 Å². The second-order valence-electron chi connectivity index (χ2n) is 11.7. The van der Waals surface area contributed by atoms with Crippen molar-refractivity contribution in [3.05, 3.63) is 52.1 Å². The summed E-state index contributed by atoms with van der Waals surface area (Å²) in [5.74, 6) is 0.395. The number of carbonyl (C=O) groups is 1. The first-order chi connectivity index (χ1) is 20.4. The van der Waals surface area contributed by atoms with Crippen molar-refractivity contribution in [3.8, 4) is 5.75 Å². The first kappa shape index (κ1) is 32.2. The Morgan fingerprint density at radius 1 is 1.02 bits per heavy atom. The molecule has 2 fully saturated rings. The number of anilines is 3. The van der Waals surface area contributed by atoms with E-state index in [1.165, 1.54) is 12.1 Å². The van der Waals surface area contributed by atoms with Crippen LogP contribution in [0.1, 0.15) is 57.9 Å². The SMILES string of the molecule is CC(C)COc1cc(NC2CCN(C(=O)COC3CCC(Nc4ccc(N)c(C(F)(F)F)c4)CC3)CC2)ccc1[N+](=O)[O-]. The third kappa shape index (κ3) is 9.12. The summed E-state index contributed by atoms with van der Waals surface area (Å²) >= 11 is 0. The van der Waals surface area contributed by atoms with Crippen LogP contribution in [0.2, 0.25) is 0 Å². The van der Waals surface area contributed by atoms with Crippen molar-refractivity contribution in [3.63, 3.8) is 0 Å². The largest absolute Gasteiger partial charge is 0.486 e. The average Bonchev–Trinajstić information content (AvgIpc) is 2.96. The zero-order chi connectivity index (χ0) is 31.1. The van der Waals surface area contributed by atoms with Crippen LogP contribution in [0, 0.1) is 16.0 Å². The van der Waals surface area contributed by atoms with Crippen LogP contribution >= 0.6 is 0 Å². The van der Waals surface area contributed by atoms with E-state index in [0.717, 1.165) is 24.6 Å². The van der Waals surface area contributed by atoms with Crippen LogP contribution in [-0.4, -0.2) is 60.2 Å². The van der Waals surface area contributed by atoms with Gasteiger partial charge in [-0.1, -0.05) is 13.8 Å². The maximum Gasteiger partial charge on any atom is 0.418 e. The first-order valence-electron chi connectivity index (χ1n) is 14.7. The minimum absolute atomic E-state index is 0.00728. The van der Waals surface area contributed by atoms with Gasteiger partial charge in [0.05, 0.1) is 23.2 Å². The number of alkyl halides is 3. The highest BCUT2D eigenvalue weighted by molar-refractivity contribution is 5.77. The zero-order valence-electron chi connectivity index (χ0n) is 24.5. The lowest BCUT2D eigenvalue weighted by Gasteiger charge is -2.34. The number of likely N-dealkylation sites (tertiary alicyclic amines) is 1. The average molecular weight is 608 g/mol. The number of nitrogens with two attached hydrogens (primary N) is 1. The topological polar surface area (TPSA) is 132 Å². The van der Waals surface area contributed by atoms with E-state index in [1.807, 2.05) is 13.8 Å². The van der Waals surface area contributed by atoms with E-state index in [1.54, 1.807) is 23.1 Å². The highest BCUT2D eigenvalue weighted by Gasteiger charge is 2.33. The number of nitro groups is 1. The molecule has 1 aliphatic carbocycles. The smallest absolute Gasteiger partial charge is 0.418 e. The fraction of sp³-hybridized carbons (Fsp3) is 0.567. The molecule has 43 heavy (non-hydrogen) atoms. The molecule has 2 aliphatic rings.